The first-order valence-electron chi connectivity index (χ1n) is 8.92. The van der Waals surface area contributed by atoms with Crippen molar-refractivity contribution in [2.45, 2.75) is 25.3 Å². The Morgan fingerprint density at radius 1 is 1.18 bits per heavy atom. The van der Waals surface area contributed by atoms with Crippen LogP contribution in [0.3, 0.4) is 0 Å². The Morgan fingerprint density at radius 2 is 1.86 bits per heavy atom. The van der Waals surface area contributed by atoms with Crippen LogP contribution in [0.2, 0.25) is 5.02 Å². The molecule has 7 heteroatoms. The Balaban J connectivity index is 0.00000196. The Morgan fingerprint density at radius 3 is 2.50 bits per heavy atom. The number of hydrogen-bond acceptors (Lipinski definition) is 3. The van der Waals surface area contributed by atoms with Crippen molar-refractivity contribution in [3.05, 3.63) is 64.4 Å². The van der Waals surface area contributed by atoms with E-state index in [2.05, 4.69) is 36.0 Å². The number of halogens is 4. The van der Waals surface area contributed by atoms with Crippen molar-refractivity contribution >= 4 is 47.9 Å². The third-order valence-electron chi connectivity index (χ3n) is 5.15. The summed E-state index contributed by atoms with van der Waals surface area (Å²) in [4.78, 5) is 17.2. The molecule has 0 spiro atoms. The molecule has 3 rings (SSSR count). The van der Waals surface area contributed by atoms with E-state index in [9.17, 15) is 9.18 Å². The molecule has 0 saturated carbocycles. The lowest BCUT2D eigenvalue weighted by atomic mass is 10.0. The van der Waals surface area contributed by atoms with Gasteiger partial charge in [-0.3, -0.25) is 4.79 Å². The zero-order chi connectivity index (χ0) is 18.7. The van der Waals surface area contributed by atoms with Crippen LogP contribution in [-0.2, 0) is 6.42 Å². The summed E-state index contributed by atoms with van der Waals surface area (Å²) in [5.74, 6) is -0.539. The molecule has 0 bridgehead atoms. The molecule has 1 saturated heterocycles. The van der Waals surface area contributed by atoms with E-state index in [4.69, 9.17) is 11.6 Å². The summed E-state index contributed by atoms with van der Waals surface area (Å²) in [6.45, 7) is 2.21. The van der Waals surface area contributed by atoms with E-state index in [-0.39, 0.29) is 42.0 Å². The molecule has 0 atom stereocenters. The van der Waals surface area contributed by atoms with Gasteiger partial charge in [-0.15, -0.1) is 24.8 Å². The molecule has 1 aliphatic rings. The van der Waals surface area contributed by atoms with Gasteiger partial charge < -0.3 is 9.80 Å². The summed E-state index contributed by atoms with van der Waals surface area (Å²) in [5.41, 5.74) is 2.42. The van der Waals surface area contributed by atoms with Crippen LogP contribution in [0.4, 0.5) is 10.1 Å². The number of anilines is 1. The molecular weight excluding hydrogens is 422 g/mol. The second-order valence-corrected chi connectivity index (χ2v) is 7.45. The highest BCUT2D eigenvalue weighted by atomic mass is 35.5. The monoisotopic (exact) mass is 446 g/mol. The minimum absolute atomic E-state index is 0. The Bertz CT molecular complexity index is 795. The van der Waals surface area contributed by atoms with E-state index in [1.165, 1.54) is 18.2 Å². The van der Waals surface area contributed by atoms with Crippen molar-refractivity contribution in [1.29, 1.82) is 0 Å². The average molecular weight is 448 g/mol. The molecular formula is C21H26Cl3FN2O. The highest BCUT2D eigenvalue weighted by Crippen LogP contribution is 2.24. The van der Waals surface area contributed by atoms with Crippen LogP contribution in [-0.4, -0.2) is 43.9 Å². The van der Waals surface area contributed by atoms with Gasteiger partial charge in [0.25, 0.3) is 0 Å². The standard InChI is InChI=1S/C21H24ClFN2O.2ClH/c1-24-10-8-17(9-11-24)25(2)18-5-3-4-15(12-18)13-21(26)19-7-6-16(23)14-20(19)22;;/h3-7,12,14,17H,8-11,13H2,1-2H3;2*1H. The van der Waals surface area contributed by atoms with Gasteiger partial charge in [0.05, 0.1) is 5.02 Å². The molecule has 1 aliphatic heterocycles. The van der Waals surface area contributed by atoms with Crippen molar-refractivity contribution in [1.82, 2.24) is 4.90 Å². The van der Waals surface area contributed by atoms with E-state index >= 15 is 0 Å². The molecule has 0 aliphatic carbocycles. The summed E-state index contributed by atoms with van der Waals surface area (Å²) in [5, 5.41) is 0.162. The van der Waals surface area contributed by atoms with Gasteiger partial charge in [-0.05, 0) is 68.9 Å². The lowest BCUT2D eigenvalue weighted by molar-refractivity contribution is 0.0993. The Kier molecular flexibility index (Phi) is 9.72. The van der Waals surface area contributed by atoms with Gasteiger partial charge in [0.2, 0.25) is 0 Å². The third-order valence-corrected chi connectivity index (χ3v) is 5.46. The normalized spacial score (nSPS) is 14.7. The van der Waals surface area contributed by atoms with Gasteiger partial charge in [0, 0.05) is 30.8 Å². The molecule has 0 aromatic heterocycles. The zero-order valence-corrected chi connectivity index (χ0v) is 18.4. The number of carbonyl (C=O) groups excluding carboxylic acids is 1. The van der Waals surface area contributed by atoms with Crippen molar-refractivity contribution in [2.75, 3.05) is 32.1 Å². The molecule has 0 N–H and O–H groups in total. The number of hydrogen-bond donors (Lipinski definition) is 0. The quantitative estimate of drug-likeness (QED) is 0.583. The fourth-order valence-electron chi connectivity index (χ4n) is 3.48. The topological polar surface area (TPSA) is 23.6 Å². The van der Waals surface area contributed by atoms with Crippen molar-refractivity contribution in [3.63, 3.8) is 0 Å². The second kappa shape index (κ2) is 11.0. The first kappa shape index (κ1) is 24.7. The van der Waals surface area contributed by atoms with Gasteiger partial charge in [-0.25, -0.2) is 4.39 Å². The first-order valence-corrected chi connectivity index (χ1v) is 9.30. The minimum Gasteiger partial charge on any atom is -0.372 e. The first-order chi connectivity index (χ1) is 12.4. The van der Waals surface area contributed by atoms with E-state index in [0.717, 1.165) is 37.2 Å². The van der Waals surface area contributed by atoms with Crippen molar-refractivity contribution < 1.29 is 9.18 Å². The predicted octanol–water partition coefficient (Wildman–Crippen LogP) is 5.28. The maximum Gasteiger partial charge on any atom is 0.168 e. The smallest absolute Gasteiger partial charge is 0.168 e. The predicted molar refractivity (Wildman–Crippen MR) is 119 cm³/mol. The number of nitrogens with zero attached hydrogens (tertiary/aromatic N) is 2. The van der Waals surface area contributed by atoms with Gasteiger partial charge >= 0.3 is 0 Å². The molecule has 1 heterocycles. The lowest BCUT2D eigenvalue weighted by Crippen LogP contribution is -2.42. The SMILES string of the molecule is CN1CCC(N(C)c2cccc(CC(=O)c3ccc(F)cc3Cl)c2)CC1.Cl.Cl. The number of ketones is 1. The molecule has 2 aromatic carbocycles. The maximum atomic E-state index is 13.2. The number of Topliss-reactive ketones (excluding diaryl/α,β-unsaturated/α-hetero) is 1. The maximum absolute atomic E-state index is 13.2. The van der Waals surface area contributed by atoms with Crippen LogP contribution < -0.4 is 4.90 Å². The molecule has 0 unspecified atom stereocenters. The summed E-state index contributed by atoms with van der Waals surface area (Å²) < 4.78 is 13.2. The van der Waals surface area contributed by atoms with Crippen LogP contribution in [0, 0.1) is 5.82 Å². The molecule has 28 heavy (non-hydrogen) atoms. The molecule has 154 valence electrons. The molecule has 2 aromatic rings. The van der Waals surface area contributed by atoms with Crippen LogP contribution >= 0.6 is 36.4 Å². The highest BCUT2D eigenvalue weighted by molar-refractivity contribution is 6.34. The Hall–Kier alpha value is -1.33. The summed E-state index contributed by atoms with van der Waals surface area (Å²) >= 11 is 6.01. The van der Waals surface area contributed by atoms with Gasteiger partial charge in [-0.1, -0.05) is 23.7 Å². The van der Waals surface area contributed by atoms with E-state index in [1.807, 2.05) is 12.1 Å². The van der Waals surface area contributed by atoms with Crippen LogP contribution in [0.25, 0.3) is 0 Å². The van der Waals surface area contributed by atoms with Crippen molar-refractivity contribution in [3.8, 4) is 0 Å². The van der Waals surface area contributed by atoms with Crippen LogP contribution in [0.1, 0.15) is 28.8 Å². The molecule has 1 fully saturated rings. The van der Waals surface area contributed by atoms with Gasteiger partial charge in [0.1, 0.15) is 5.82 Å². The minimum atomic E-state index is -0.437. The second-order valence-electron chi connectivity index (χ2n) is 7.04. The summed E-state index contributed by atoms with van der Waals surface area (Å²) in [7, 11) is 4.27. The summed E-state index contributed by atoms with van der Waals surface area (Å²) in [6, 6.07) is 12.5. The van der Waals surface area contributed by atoms with E-state index in [0.29, 0.717) is 11.6 Å². The highest BCUT2D eigenvalue weighted by Gasteiger charge is 2.21. The zero-order valence-electron chi connectivity index (χ0n) is 16.0. The number of likely N-dealkylation sites (tertiary alicyclic amines) is 1. The Labute approximate surface area is 183 Å². The van der Waals surface area contributed by atoms with Gasteiger partial charge in [-0.2, -0.15) is 0 Å². The van der Waals surface area contributed by atoms with Gasteiger partial charge in [0.15, 0.2) is 5.78 Å². The number of carbonyl (C=O) groups is 1. The number of benzene rings is 2. The lowest BCUT2D eigenvalue weighted by Gasteiger charge is -2.36. The summed E-state index contributed by atoms with van der Waals surface area (Å²) in [6.07, 6.45) is 2.53. The third kappa shape index (κ3) is 6.08. The largest absolute Gasteiger partial charge is 0.372 e. The molecule has 0 radical (unpaired) electrons. The fraction of sp³-hybridized carbons (Fsp3) is 0.381. The number of rotatable bonds is 5. The molecule has 3 nitrogen and oxygen atoms in total. The van der Waals surface area contributed by atoms with E-state index in [1.54, 1.807) is 0 Å². The average Bonchev–Trinajstić information content (AvgIpc) is 2.62. The van der Waals surface area contributed by atoms with E-state index < -0.39 is 5.82 Å². The number of piperidine rings is 1. The fourth-order valence-corrected chi connectivity index (χ4v) is 3.75. The van der Waals surface area contributed by atoms with Crippen LogP contribution in [0.15, 0.2) is 42.5 Å². The molecule has 0 amide bonds. The van der Waals surface area contributed by atoms with Crippen LogP contribution in [0.5, 0.6) is 0 Å². The van der Waals surface area contributed by atoms with Crippen molar-refractivity contribution in [2.24, 2.45) is 0 Å².